The molecule has 6 nitrogen and oxygen atoms in total. The van der Waals surface area contributed by atoms with E-state index in [0.717, 1.165) is 37.1 Å². The summed E-state index contributed by atoms with van der Waals surface area (Å²) in [6, 6.07) is 2.09. The van der Waals surface area contributed by atoms with Crippen molar-refractivity contribution in [2.45, 2.75) is 58.6 Å². The van der Waals surface area contributed by atoms with Gasteiger partial charge in [0.25, 0.3) is 5.91 Å². The molecule has 1 unspecified atom stereocenters. The summed E-state index contributed by atoms with van der Waals surface area (Å²) in [7, 11) is 1.78. The monoisotopic (exact) mass is 330 g/mol. The highest BCUT2D eigenvalue weighted by Gasteiger charge is 2.27. The Bertz CT molecular complexity index is 732. The number of nitrogens with one attached hydrogen (secondary N) is 1. The van der Waals surface area contributed by atoms with Crippen LogP contribution in [-0.4, -0.2) is 39.8 Å². The second-order valence-corrected chi connectivity index (χ2v) is 6.87. The molecule has 2 heterocycles. The average molecular weight is 330 g/mol. The van der Waals surface area contributed by atoms with Gasteiger partial charge in [0.15, 0.2) is 5.65 Å². The topological polar surface area (TPSA) is 68.5 Å². The van der Waals surface area contributed by atoms with Gasteiger partial charge in [-0.2, -0.15) is 5.10 Å². The van der Waals surface area contributed by atoms with Crippen LogP contribution in [0.25, 0.3) is 5.65 Å². The summed E-state index contributed by atoms with van der Waals surface area (Å²) < 4.78 is 7.14. The highest BCUT2D eigenvalue weighted by molar-refractivity contribution is 5.99. The Morgan fingerprint density at radius 3 is 2.71 bits per heavy atom. The van der Waals surface area contributed by atoms with Gasteiger partial charge in [-0.15, -0.1) is 0 Å². The third-order valence-corrected chi connectivity index (χ3v) is 5.14. The molecule has 6 heteroatoms. The van der Waals surface area contributed by atoms with Crippen molar-refractivity contribution < 1.29 is 9.53 Å². The van der Waals surface area contributed by atoms with E-state index in [9.17, 15) is 4.79 Å². The molecule has 0 aromatic carbocycles. The maximum absolute atomic E-state index is 12.7. The molecular weight excluding hydrogens is 304 g/mol. The van der Waals surface area contributed by atoms with Crippen molar-refractivity contribution in [3.63, 3.8) is 0 Å². The molecule has 1 aliphatic carbocycles. The molecular formula is C18H26N4O2. The van der Waals surface area contributed by atoms with E-state index in [4.69, 9.17) is 4.74 Å². The second kappa shape index (κ2) is 6.89. The molecule has 0 saturated heterocycles. The van der Waals surface area contributed by atoms with Gasteiger partial charge in [-0.25, -0.2) is 9.50 Å². The Morgan fingerprint density at radius 1 is 1.33 bits per heavy atom. The first-order valence-corrected chi connectivity index (χ1v) is 8.65. The molecule has 1 saturated carbocycles. The molecule has 130 valence electrons. The SMILES string of the molecule is COC1CCC(C(C)NC(=O)c2cnn3c(C)cc(C)nc23)CC1. The van der Waals surface area contributed by atoms with Crippen LogP contribution in [0.1, 0.15) is 54.4 Å². The molecule has 0 spiro atoms. The fourth-order valence-corrected chi connectivity index (χ4v) is 3.66. The summed E-state index contributed by atoms with van der Waals surface area (Å²) in [6.45, 7) is 5.98. The van der Waals surface area contributed by atoms with E-state index in [1.54, 1.807) is 17.8 Å². The lowest BCUT2D eigenvalue weighted by Crippen LogP contribution is -2.40. The summed E-state index contributed by atoms with van der Waals surface area (Å²) >= 11 is 0. The smallest absolute Gasteiger partial charge is 0.256 e. The minimum absolute atomic E-state index is 0.0936. The Labute approximate surface area is 142 Å². The molecule has 0 radical (unpaired) electrons. The van der Waals surface area contributed by atoms with Gasteiger partial charge in [0.1, 0.15) is 5.56 Å². The number of carbonyl (C=O) groups excluding carboxylic acids is 1. The molecule has 2 aromatic rings. The van der Waals surface area contributed by atoms with Crippen LogP contribution in [-0.2, 0) is 4.74 Å². The summed E-state index contributed by atoms with van der Waals surface area (Å²) in [5.41, 5.74) is 3.03. The van der Waals surface area contributed by atoms with Crippen molar-refractivity contribution in [2.24, 2.45) is 5.92 Å². The Hall–Kier alpha value is -1.95. The van der Waals surface area contributed by atoms with Gasteiger partial charge in [0.05, 0.1) is 12.3 Å². The number of aromatic nitrogens is 3. The Morgan fingerprint density at radius 2 is 2.04 bits per heavy atom. The van der Waals surface area contributed by atoms with E-state index in [-0.39, 0.29) is 11.9 Å². The van der Waals surface area contributed by atoms with Crippen LogP contribution in [0.2, 0.25) is 0 Å². The lowest BCUT2D eigenvalue weighted by Gasteiger charge is -2.31. The zero-order valence-electron chi connectivity index (χ0n) is 14.9. The molecule has 24 heavy (non-hydrogen) atoms. The Kier molecular flexibility index (Phi) is 4.85. The minimum atomic E-state index is -0.0936. The highest BCUT2D eigenvalue weighted by Crippen LogP contribution is 2.28. The molecule has 1 fully saturated rings. The minimum Gasteiger partial charge on any atom is -0.381 e. The predicted molar refractivity (Wildman–Crippen MR) is 92.1 cm³/mol. The fraction of sp³-hybridized carbons (Fsp3) is 0.611. The van der Waals surface area contributed by atoms with Crippen LogP contribution in [0.5, 0.6) is 0 Å². The van der Waals surface area contributed by atoms with Crippen molar-refractivity contribution in [3.05, 3.63) is 29.2 Å². The average Bonchev–Trinajstić information content (AvgIpc) is 2.99. The molecule has 0 aliphatic heterocycles. The van der Waals surface area contributed by atoms with Crippen molar-refractivity contribution in [1.29, 1.82) is 0 Å². The van der Waals surface area contributed by atoms with E-state index < -0.39 is 0 Å². The number of amides is 1. The van der Waals surface area contributed by atoms with Crippen molar-refractivity contribution in [1.82, 2.24) is 19.9 Å². The van der Waals surface area contributed by atoms with Crippen LogP contribution in [0, 0.1) is 19.8 Å². The lowest BCUT2D eigenvalue weighted by molar-refractivity contribution is 0.0507. The van der Waals surface area contributed by atoms with E-state index in [1.807, 2.05) is 19.9 Å². The van der Waals surface area contributed by atoms with E-state index in [0.29, 0.717) is 23.2 Å². The summed E-state index contributed by atoms with van der Waals surface area (Å²) in [4.78, 5) is 17.2. The number of aryl methyl sites for hydroxylation is 2. The van der Waals surface area contributed by atoms with Crippen molar-refractivity contribution in [2.75, 3.05) is 7.11 Å². The van der Waals surface area contributed by atoms with Crippen molar-refractivity contribution in [3.8, 4) is 0 Å². The van der Waals surface area contributed by atoms with E-state index >= 15 is 0 Å². The predicted octanol–water partition coefficient (Wildman–Crippen LogP) is 2.67. The number of hydrogen-bond donors (Lipinski definition) is 1. The Balaban J connectivity index is 1.71. The largest absolute Gasteiger partial charge is 0.381 e. The summed E-state index contributed by atoms with van der Waals surface area (Å²) in [5.74, 6) is 0.405. The van der Waals surface area contributed by atoms with Gasteiger partial charge >= 0.3 is 0 Å². The van der Waals surface area contributed by atoms with E-state index in [1.165, 1.54) is 0 Å². The molecule has 1 amide bonds. The first kappa shape index (κ1) is 16.9. The molecule has 0 bridgehead atoms. The number of methoxy groups -OCH3 is 1. The summed E-state index contributed by atoms with van der Waals surface area (Å²) in [5, 5.41) is 7.44. The van der Waals surface area contributed by atoms with Gasteiger partial charge < -0.3 is 10.1 Å². The van der Waals surface area contributed by atoms with Gasteiger partial charge in [-0.05, 0) is 58.4 Å². The molecule has 3 rings (SSSR count). The standard InChI is InChI=1S/C18H26N4O2/c1-11-9-12(2)22-17(20-11)16(10-19-22)18(23)21-13(3)14-5-7-15(24-4)8-6-14/h9-10,13-15H,5-8H2,1-4H3,(H,21,23). The zero-order valence-corrected chi connectivity index (χ0v) is 14.9. The molecule has 1 atom stereocenters. The maximum atomic E-state index is 12.7. The quantitative estimate of drug-likeness (QED) is 0.936. The number of nitrogens with zero attached hydrogens (tertiary/aromatic N) is 3. The first-order chi connectivity index (χ1) is 11.5. The van der Waals surface area contributed by atoms with Crippen LogP contribution >= 0.6 is 0 Å². The molecule has 1 N–H and O–H groups in total. The maximum Gasteiger partial charge on any atom is 0.256 e. The number of ether oxygens (including phenoxy) is 1. The van der Waals surface area contributed by atoms with Gasteiger partial charge in [0, 0.05) is 24.5 Å². The van der Waals surface area contributed by atoms with Crippen LogP contribution in [0.3, 0.4) is 0 Å². The number of rotatable bonds is 4. The van der Waals surface area contributed by atoms with Gasteiger partial charge in [-0.1, -0.05) is 0 Å². The number of fused-ring (bicyclic) bond motifs is 1. The lowest BCUT2D eigenvalue weighted by atomic mass is 9.83. The van der Waals surface area contributed by atoms with Gasteiger partial charge in [0.2, 0.25) is 0 Å². The third kappa shape index (κ3) is 3.29. The van der Waals surface area contributed by atoms with Crippen molar-refractivity contribution >= 4 is 11.6 Å². The molecule has 1 aliphatic rings. The second-order valence-electron chi connectivity index (χ2n) is 6.87. The third-order valence-electron chi connectivity index (χ3n) is 5.14. The summed E-state index contributed by atoms with van der Waals surface area (Å²) in [6.07, 6.45) is 6.30. The van der Waals surface area contributed by atoms with Gasteiger partial charge in [-0.3, -0.25) is 4.79 Å². The zero-order chi connectivity index (χ0) is 17.3. The van der Waals surface area contributed by atoms with Crippen LogP contribution in [0.15, 0.2) is 12.3 Å². The number of hydrogen-bond acceptors (Lipinski definition) is 4. The van der Waals surface area contributed by atoms with Crippen LogP contribution < -0.4 is 5.32 Å². The normalized spacial score (nSPS) is 22.5. The van der Waals surface area contributed by atoms with Crippen LogP contribution in [0.4, 0.5) is 0 Å². The highest BCUT2D eigenvalue weighted by atomic mass is 16.5. The fourth-order valence-electron chi connectivity index (χ4n) is 3.66. The first-order valence-electron chi connectivity index (χ1n) is 8.65. The molecule has 2 aromatic heterocycles. The number of carbonyl (C=O) groups is 1. The van der Waals surface area contributed by atoms with E-state index in [2.05, 4.69) is 22.3 Å².